The summed E-state index contributed by atoms with van der Waals surface area (Å²) in [6.45, 7) is 0. The SMILES string of the molecule is NC(=O)c1cnc2nonc2n1. The van der Waals surface area contributed by atoms with Gasteiger partial charge in [-0.05, 0) is 10.3 Å². The van der Waals surface area contributed by atoms with Crippen LogP contribution in [-0.4, -0.2) is 26.2 Å². The van der Waals surface area contributed by atoms with E-state index in [1.54, 1.807) is 0 Å². The quantitative estimate of drug-likeness (QED) is 0.587. The number of aromatic nitrogens is 4. The fourth-order valence-electron chi connectivity index (χ4n) is 0.715. The molecular weight excluding hydrogens is 162 g/mol. The predicted molar refractivity (Wildman–Crippen MR) is 35.9 cm³/mol. The third-order valence-corrected chi connectivity index (χ3v) is 1.24. The number of nitrogens with two attached hydrogens (primary N) is 1. The molecule has 0 aliphatic heterocycles. The average Bonchev–Trinajstić information content (AvgIpc) is 2.49. The number of fused-ring (bicyclic) bond motifs is 1. The normalized spacial score (nSPS) is 10.3. The van der Waals surface area contributed by atoms with E-state index < -0.39 is 5.91 Å². The van der Waals surface area contributed by atoms with Gasteiger partial charge in [0.1, 0.15) is 5.69 Å². The number of rotatable bonds is 1. The molecule has 0 saturated heterocycles. The number of nitrogens with zero attached hydrogens (tertiary/aromatic N) is 4. The minimum absolute atomic E-state index is 0.0400. The first-order chi connectivity index (χ1) is 5.77. The largest absolute Gasteiger partial charge is 0.364 e. The van der Waals surface area contributed by atoms with Crippen LogP contribution in [0.15, 0.2) is 10.8 Å². The van der Waals surface area contributed by atoms with Gasteiger partial charge in [-0.2, -0.15) is 0 Å². The van der Waals surface area contributed by atoms with Crippen molar-refractivity contribution in [3.8, 4) is 0 Å². The molecule has 1 amide bonds. The smallest absolute Gasteiger partial charge is 0.269 e. The highest BCUT2D eigenvalue weighted by molar-refractivity contribution is 5.91. The second kappa shape index (κ2) is 2.22. The number of hydrogen-bond acceptors (Lipinski definition) is 6. The van der Waals surface area contributed by atoms with E-state index in [-0.39, 0.29) is 17.0 Å². The van der Waals surface area contributed by atoms with E-state index in [1.807, 2.05) is 0 Å². The minimum atomic E-state index is -0.660. The standard InChI is InChI=1S/C5H3N5O2/c6-3(11)2-1-7-4-5(8-2)10-12-9-4/h1H,(H2,6,11). The zero-order chi connectivity index (χ0) is 8.55. The molecule has 0 unspecified atom stereocenters. The van der Waals surface area contributed by atoms with E-state index in [1.165, 1.54) is 6.20 Å². The van der Waals surface area contributed by atoms with Crippen LogP contribution in [0.2, 0.25) is 0 Å². The average molecular weight is 165 g/mol. The van der Waals surface area contributed by atoms with Crippen molar-refractivity contribution in [2.24, 2.45) is 5.73 Å². The second-order valence-electron chi connectivity index (χ2n) is 2.03. The van der Waals surface area contributed by atoms with Crippen molar-refractivity contribution >= 4 is 17.2 Å². The van der Waals surface area contributed by atoms with Gasteiger partial charge in [0.15, 0.2) is 0 Å². The molecule has 0 atom stereocenters. The van der Waals surface area contributed by atoms with Gasteiger partial charge in [-0.3, -0.25) is 4.79 Å². The number of carbonyl (C=O) groups is 1. The third-order valence-electron chi connectivity index (χ3n) is 1.24. The monoisotopic (exact) mass is 165 g/mol. The molecule has 7 heteroatoms. The maximum atomic E-state index is 10.6. The Kier molecular flexibility index (Phi) is 1.23. The number of primary amides is 1. The van der Waals surface area contributed by atoms with Crippen LogP contribution in [0.25, 0.3) is 11.3 Å². The van der Waals surface area contributed by atoms with Crippen LogP contribution in [-0.2, 0) is 0 Å². The van der Waals surface area contributed by atoms with E-state index in [9.17, 15) is 4.79 Å². The zero-order valence-corrected chi connectivity index (χ0v) is 5.76. The lowest BCUT2D eigenvalue weighted by atomic mass is 10.4. The molecule has 60 valence electrons. The summed E-state index contributed by atoms with van der Waals surface area (Å²) in [5.74, 6) is -0.660. The molecular formula is C5H3N5O2. The Balaban J connectivity index is 2.68. The molecule has 0 aliphatic rings. The van der Waals surface area contributed by atoms with Gasteiger partial charge < -0.3 is 5.73 Å². The van der Waals surface area contributed by atoms with Crippen LogP contribution in [0.1, 0.15) is 10.5 Å². The first kappa shape index (κ1) is 6.65. The van der Waals surface area contributed by atoms with Gasteiger partial charge in [0.05, 0.1) is 6.20 Å². The van der Waals surface area contributed by atoms with Crippen molar-refractivity contribution in [3.63, 3.8) is 0 Å². The highest BCUT2D eigenvalue weighted by Crippen LogP contribution is 2.01. The lowest BCUT2D eigenvalue weighted by Gasteiger charge is -1.89. The molecule has 0 radical (unpaired) electrons. The number of carbonyl (C=O) groups excluding carboxylic acids is 1. The molecule has 2 N–H and O–H groups in total. The van der Waals surface area contributed by atoms with E-state index in [0.29, 0.717) is 0 Å². The molecule has 7 nitrogen and oxygen atoms in total. The predicted octanol–water partition coefficient (Wildman–Crippen LogP) is -0.888. The minimum Gasteiger partial charge on any atom is -0.364 e. The highest BCUT2D eigenvalue weighted by Gasteiger charge is 2.07. The molecule has 0 spiro atoms. The summed E-state index contributed by atoms with van der Waals surface area (Å²) in [6, 6.07) is 0. The Morgan fingerprint density at radius 2 is 2.17 bits per heavy atom. The van der Waals surface area contributed by atoms with Crippen molar-refractivity contribution in [2.75, 3.05) is 0 Å². The van der Waals surface area contributed by atoms with E-state index in [2.05, 4.69) is 24.9 Å². The lowest BCUT2D eigenvalue weighted by molar-refractivity contribution is 0.0995. The molecule has 12 heavy (non-hydrogen) atoms. The second-order valence-corrected chi connectivity index (χ2v) is 2.03. The molecule has 2 aromatic rings. The molecule has 2 rings (SSSR count). The number of amides is 1. The van der Waals surface area contributed by atoms with Gasteiger partial charge in [0.2, 0.25) is 11.3 Å². The number of hydrogen-bond donors (Lipinski definition) is 1. The lowest BCUT2D eigenvalue weighted by Crippen LogP contribution is -2.13. The zero-order valence-electron chi connectivity index (χ0n) is 5.76. The Bertz CT molecular complexity index is 436. The van der Waals surface area contributed by atoms with Crippen molar-refractivity contribution in [1.82, 2.24) is 20.3 Å². The first-order valence-corrected chi connectivity index (χ1v) is 3.02. The molecule has 0 bridgehead atoms. The van der Waals surface area contributed by atoms with E-state index in [4.69, 9.17) is 5.73 Å². The molecule has 0 aliphatic carbocycles. The summed E-state index contributed by atoms with van der Waals surface area (Å²) < 4.78 is 4.32. The Hall–Kier alpha value is -2.05. The summed E-state index contributed by atoms with van der Waals surface area (Å²) in [5.41, 5.74) is 5.42. The maximum absolute atomic E-state index is 10.6. The third kappa shape index (κ3) is 0.875. The molecule has 0 fully saturated rings. The van der Waals surface area contributed by atoms with Crippen molar-refractivity contribution < 1.29 is 9.42 Å². The van der Waals surface area contributed by atoms with Crippen molar-refractivity contribution in [3.05, 3.63) is 11.9 Å². The van der Waals surface area contributed by atoms with Crippen LogP contribution in [0, 0.1) is 0 Å². The van der Waals surface area contributed by atoms with Gasteiger partial charge in [0.25, 0.3) is 5.91 Å². The summed E-state index contributed by atoms with van der Waals surface area (Å²) in [6.07, 6.45) is 1.22. The van der Waals surface area contributed by atoms with Gasteiger partial charge in [0, 0.05) is 0 Å². The van der Waals surface area contributed by atoms with Gasteiger partial charge in [-0.15, -0.1) is 0 Å². The van der Waals surface area contributed by atoms with Gasteiger partial charge in [-0.25, -0.2) is 14.6 Å². The van der Waals surface area contributed by atoms with E-state index >= 15 is 0 Å². The fourth-order valence-corrected chi connectivity index (χ4v) is 0.715. The fraction of sp³-hybridized carbons (Fsp3) is 0. The molecule has 0 saturated carbocycles. The molecule has 0 aromatic carbocycles. The first-order valence-electron chi connectivity index (χ1n) is 3.02. The Morgan fingerprint density at radius 3 is 2.92 bits per heavy atom. The van der Waals surface area contributed by atoms with Crippen LogP contribution < -0.4 is 5.73 Å². The summed E-state index contributed by atoms with van der Waals surface area (Å²) in [4.78, 5) is 18.1. The molecule has 2 heterocycles. The van der Waals surface area contributed by atoms with Gasteiger partial charge in [-0.1, -0.05) is 0 Å². The maximum Gasteiger partial charge on any atom is 0.269 e. The van der Waals surface area contributed by atoms with Crippen LogP contribution >= 0.6 is 0 Å². The van der Waals surface area contributed by atoms with Gasteiger partial charge >= 0.3 is 0 Å². The van der Waals surface area contributed by atoms with Crippen molar-refractivity contribution in [1.29, 1.82) is 0 Å². The Labute approximate surface area is 65.6 Å². The topological polar surface area (TPSA) is 108 Å². The van der Waals surface area contributed by atoms with Crippen LogP contribution in [0.3, 0.4) is 0 Å². The Morgan fingerprint density at radius 1 is 1.42 bits per heavy atom. The van der Waals surface area contributed by atoms with E-state index in [0.717, 1.165) is 0 Å². The van der Waals surface area contributed by atoms with Crippen LogP contribution in [0.5, 0.6) is 0 Å². The van der Waals surface area contributed by atoms with Crippen LogP contribution in [0.4, 0.5) is 0 Å². The summed E-state index contributed by atoms with van der Waals surface area (Å²) in [5, 5.41) is 6.80. The summed E-state index contributed by atoms with van der Waals surface area (Å²) in [7, 11) is 0. The van der Waals surface area contributed by atoms with Crippen molar-refractivity contribution in [2.45, 2.75) is 0 Å². The highest BCUT2D eigenvalue weighted by atomic mass is 16.6. The summed E-state index contributed by atoms with van der Waals surface area (Å²) >= 11 is 0. The molecule has 2 aromatic heterocycles.